The van der Waals surface area contributed by atoms with Crippen LogP contribution in [0.3, 0.4) is 0 Å². The largest absolute Gasteiger partial charge is 0.504 e. The molecule has 3 aromatic rings. The minimum Gasteiger partial charge on any atom is -0.504 e. The Hall–Kier alpha value is -4.33. The summed E-state index contributed by atoms with van der Waals surface area (Å²) in [6, 6.07) is 15.6. The van der Waals surface area contributed by atoms with E-state index in [9.17, 15) is 35.1 Å². The van der Waals surface area contributed by atoms with Crippen LogP contribution in [0, 0.1) is 0 Å². The predicted molar refractivity (Wildman–Crippen MR) is 149 cm³/mol. The highest BCUT2D eigenvalue weighted by atomic mass is 16.7. The molecule has 220 valence electrons. The topological polar surface area (TPSA) is 218 Å². The highest BCUT2D eigenvalue weighted by Crippen LogP contribution is 2.46. The number of hydrogen-bond donors (Lipinski definition) is 7. The van der Waals surface area contributed by atoms with Crippen LogP contribution < -0.4 is 16.2 Å². The van der Waals surface area contributed by atoms with Gasteiger partial charge in [0, 0.05) is 22.3 Å². The standard InChI is InChI=1S/C30H31N3O9/c31-30(32)33-12-18-15(11-10-14-6-2-1-3-7-14)20-21(23(36)17-9-5-4-8-16(17)22(20)35)25(38)28(18)42-29-27(40)26(39)24(37)19(13-34)41-29/h1-9,19,24,26-27,29,34,37-40H,10-13H2,(H4,31,32,33)/t19-,24-,26+,27-,29-/m0/s1. The average molecular weight is 578 g/mol. The van der Waals surface area contributed by atoms with Crippen LogP contribution in [-0.2, 0) is 24.1 Å². The Kier molecular flexibility index (Phi) is 8.25. The average Bonchev–Trinajstić information content (AvgIpc) is 2.99. The number of fused-ring (bicyclic) bond motifs is 2. The molecule has 5 atom stereocenters. The van der Waals surface area contributed by atoms with E-state index in [1.807, 2.05) is 30.3 Å². The van der Waals surface area contributed by atoms with Crippen LogP contribution in [0.4, 0.5) is 0 Å². The Balaban J connectivity index is 1.72. The maximum Gasteiger partial charge on any atom is 0.229 e. The van der Waals surface area contributed by atoms with Gasteiger partial charge >= 0.3 is 0 Å². The van der Waals surface area contributed by atoms with Crippen LogP contribution in [0.1, 0.15) is 48.5 Å². The van der Waals surface area contributed by atoms with E-state index in [-0.39, 0.29) is 52.5 Å². The summed E-state index contributed by atoms with van der Waals surface area (Å²) in [4.78, 5) is 31.7. The second kappa shape index (κ2) is 11.9. The fourth-order valence-corrected chi connectivity index (χ4v) is 5.37. The Morgan fingerprint density at radius 2 is 1.45 bits per heavy atom. The van der Waals surface area contributed by atoms with Crippen molar-refractivity contribution in [3.63, 3.8) is 0 Å². The minimum absolute atomic E-state index is 0.0194. The number of aromatic hydroxyl groups is 1. The van der Waals surface area contributed by atoms with Crippen LogP contribution in [0.5, 0.6) is 11.5 Å². The summed E-state index contributed by atoms with van der Waals surface area (Å²) < 4.78 is 11.4. The monoisotopic (exact) mass is 577 g/mol. The molecule has 1 aliphatic heterocycles. The number of phenols is 1. The number of nitrogens with zero attached hydrogens (tertiary/aromatic N) is 1. The lowest BCUT2D eigenvalue weighted by atomic mass is 9.78. The van der Waals surface area contributed by atoms with Crippen LogP contribution in [0.2, 0.25) is 0 Å². The molecule has 12 nitrogen and oxygen atoms in total. The lowest BCUT2D eigenvalue weighted by molar-refractivity contribution is -0.277. The second-order valence-corrected chi connectivity index (χ2v) is 10.1. The number of aliphatic hydroxyl groups is 4. The zero-order chi connectivity index (χ0) is 30.1. The molecule has 0 aromatic heterocycles. The Bertz CT molecular complexity index is 1540. The molecule has 12 heteroatoms. The van der Waals surface area contributed by atoms with E-state index in [0.717, 1.165) is 5.56 Å². The molecule has 0 unspecified atom stereocenters. The van der Waals surface area contributed by atoms with Gasteiger partial charge in [0.1, 0.15) is 24.4 Å². The predicted octanol–water partition coefficient (Wildman–Crippen LogP) is -0.0951. The maximum absolute atomic E-state index is 13.9. The first-order valence-corrected chi connectivity index (χ1v) is 13.3. The molecule has 9 N–H and O–H groups in total. The zero-order valence-corrected chi connectivity index (χ0v) is 22.4. The van der Waals surface area contributed by atoms with Gasteiger partial charge in [0.05, 0.1) is 18.7 Å². The number of ether oxygens (including phenoxy) is 2. The number of rotatable bonds is 8. The maximum atomic E-state index is 13.9. The Morgan fingerprint density at radius 1 is 0.833 bits per heavy atom. The summed E-state index contributed by atoms with van der Waals surface area (Å²) >= 11 is 0. The fraction of sp³-hybridized carbons (Fsp3) is 0.300. The molecule has 1 aliphatic carbocycles. The second-order valence-electron chi connectivity index (χ2n) is 10.1. The lowest BCUT2D eigenvalue weighted by Gasteiger charge is -2.40. The first-order valence-electron chi connectivity index (χ1n) is 13.3. The fourth-order valence-electron chi connectivity index (χ4n) is 5.37. The van der Waals surface area contributed by atoms with E-state index in [1.165, 1.54) is 12.1 Å². The van der Waals surface area contributed by atoms with Crippen LogP contribution in [0.25, 0.3) is 0 Å². The molecule has 0 amide bonds. The summed E-state index contributed by atoms with van der Waals surface area (Å²) in [5.74, 6) is -2.46. The molecule has 2 aliphatic rings. The van der Waals surface area contributed by atoms with E-state index < -0.39 is 54.6 Å². The molecular weight excluding hydrogens is 546 g/mol. The highest BCUT2D eigenvalue weighted by Gasteiger charge is 2.46. The van der Waals surface area contributed by atoms with Crippen molar-refractivity contribution in [2.24, 2.45) is 16.5 Å². The third-order valence-corrected chi connectivity index (χ3v) is 7.52. The number of carbonyl (C=O) groups excluding carboxylic acids is 2. The molecule has 1 heterocycles. The number of ketones is 2. The van der Waals surface area contributed by atoms with Gasteiger partial charge in [-0.1, -0.05) is 54.6 Å². The van der Waals surface area contributed by atoms with Gasteiger partial charge in [0.2, 0.25) is 6.29 Å². The van der Waals surface area contributed by atoms with Gasteiger partial charge in [-0.15, -0.1) is 0 Å². The van der Waals surface area contributed by atoms with Crippen molar-refractivity contribution >= 4 is 17.5 Å². The molecule has 3 aromatic carbocycles. The highest BCUT2D eigenvalue weighted by molar-refractivity contribution is 6.30. The van der Waals surface area contributed by atoms with E-state index in [0.29, 0.717) is 12.0 Å². The van der Waals surface area contributed by atoms with Gasteiger partial charge in [-0.2, -0.15) is 0 Å². The Morgan fingerprint density at radius 3 is 2.07 bits per heavy atom. The van der Waals surface area contributed by atoms with Crippen LogP contribution in [-0.4, -0.2) is 80.4 Å². The Labute approximate surface area is 240 Å². The van der Waals surface area contributed by atoms with Crippen molar-refractivity contribution in [1.82, 2.24) is 0 Å². The summed E-state index contributed by atoms with van der Waals surface area (Å²) in [7, 11) is 0. The molecule has 0 spiro atoms. The number of carbonyl (C=O) groups is 2. The molecule has 5 rings (SSSR count). The van der Waals surface area contributed by atoms with Gasteiger partial charge in [0.25, 0.3) is 0 Å². The number of nitrogens with two attached hydrogens (primary N) is 2. The van der Waals surface area contributed by atoms with Crippen LogP contribution in [0.15, 0.2) is 59.6 Å². The number of aryl methyl sites for hydroxylation is 1. The molecule has 1 saturated heterocycles. The molecule has 0 saturated carbocycles. The molecule has 0 radical (unpaired) electrons. The van der Waals surface area contributed by atoms with Crippen molar-refractivity contribution < 1.29 is 44.6 Å². The van der Waals surface area contributed by atoms with Crippen molar-refractivity contribution in [3.8, 4) is 11.5 Å². The van der Waals surface area contributed by atoms with E-state index in [2.05, 4.69) is 4.99 Å². The number of guanidine groups is 1. The van der Waals surface area contributed by atoms with Crippen LogP contribution >= 0.6 is 0 Å². The number of aliphatic imine (C=N–C) groups is 1. The van der Waals surface area contributed by atoms with Crippen molar-refractivity contribution in [2.75, 3.05) is 6.61 Å². The van der Waals surface area contributed by atoms with Gasteiger partial charge in [-0.25, -0.2) is 4.99 Å². The smallest absolute Gasteiger partial charge is 0.229 e. The minimum atomic E-state index is -1.82. The molecular formula is C30H31N3O9. The number of aliphatic hydroxyl groups excluding tert-OH is 4. The van der Waals surface area contributed by atoms with E-state index in [4.69, 9.17) is 20.9 Å². The van der Waals surface area contributed by atoms with Gasteiger partial charge in [-0.05, 0) is 24.0 Å². The number of phenolic OH excluding ortho intramolecular Hbond substituents is 1. The first-order chi connectivity index (χ1) is 20.1. The van der Waals surface area contributed by atoms with Crippen molar-refractivity contribution in [3.05, 3.63) is 93.5 Å². The van der Waals surface area contributed by atoms with Gasteiger partial charge < -0.3 is 46.5 Å². The summed E-state index contributed by atoms with van der Waals surface area (Å²) in [5, 5.41) is 52.4. The van der Waals surface area contributed by atoms with Crippen molar-refractivity contribution in [2.45, 2.75) is 50.1 Å². The summed E-state index contributed by atoms with van der Waals surface area (Å²) in [6.45, 7) is -1.00. The summed E-state index contributed by atoms with van der Waals surface area (Å²) in [6.07, 6.45) is -7.62. The van der Waals surface area contributed by atoms with Crippen molar-refractivity contribution in [1.29, 1.82) is 0 Å². The molecule has 0 bridgehead atoms. The zero-order valence-electron chi connectivity index (χ0n) is 22.4. The van der Waals surface area contributed by atoms with Gasteiger partial charge in [0.15, 0.2) is 29.0 Å². The lowest BCUT2D eigenvalue weighted by Crippen LogP contribution is -2.60. The SMILES string of the molecule is NC(N)=NCc1c(CCc2ccccc2)c2c(c(O)c1O[C@@H]1O[C@@H](CO)[C@H](O)[C@@H](O)[C@@H]1O)C(=O)c1ccccc1C2=O. The van der Waals surface area contributed by atoms with E-state index in [1.54, 1.807) is 12.1 Å². The first kappa shape index (κ1) is 29.2. The molecule has 1 fully saturated rings. The third-order valence-electron chi connectivity index (χ3n) is 7.52. The third kappa shape index (κ3) is 5.22. The normalized spacial score (nSPS) is 23.2. The van der Waals surface area contributed by atoms with Gasteiger partial charge in [-0.3, -0.25) is 9.59 Å². The quantitative estimate of drug-likeness (QED) is 0.108. The van der Waals surface area contributed by atoms with E-state index >= 15 is 0 Å². The number of benzene rings is 3. The summed E-state index contributed by atoms with van der Waals surface area (Å²) in [5.41, 5.74) is 12.6. The molecule has 42 heavy (non-hydrogen) atoms. The number of hydrogen-bond acceptors (Lipinski definition) is 10.